The maximum Gasteiger partial charge on any atom is 0.253 e. The number of benzene rings is 1. The van der Waals surface area contributed by atoms with E-state index in [1.54, 1.807) is 30.6 Å². The predicted molar refractivity (Wildman–Crippen MR) is 102 cm³/mol. The molecule has 0 aliphatic heterocycles. The van der Waals surface area contributed by atoms with Gasteiger partial charge in [-0.2, -0.15) is 0 Å². The number of ether oxygens (including phenoxy) is 1. The van der Waals surface area contributed by atoms with Gasteiger partial charge in [0.1, 0.15) is 11.4 Å². The molecule has 7 heteroatoms. The number of imidazole rings is 1. The van der Waals surface area contributed by atoms with Crippen molar-refractivity contribution in [2.45, 2.75) is 6.54 Å². The monoisotopic (exact) mass is 383 g/mol. The summed E-state index contributed by atoms with van der Waals surface area (Å²) in [7, 11) is 0. The Morgan fingerprint density at radius 1 is 1.23 bits per heavy atom. The van der Waals surface area contributed by atoms with E-state index in [4.69, 9.17) is 16.3 Å². The molecule has 0 atom stereocenters. The highest BCUT2D eigenvalue weighted by molar-refractivity contribution is 7.13. The summed E-state index contributed by atoms with van der Waals surface area (Å²) in [6.07, 6.45) is 5.27. The molecule has 0 bridgehead atoms. The predicted octanol–water partition coefficient (Wildman–Crippen LogP) is 4.77. The van der Waals surface area contributed by atoms with Crippen LogP contribution in [0.3, 0.4) is 0 Å². The van der Waals surface area contributed by atoms with Crippen LogP contribution in [0.25, 0.3) is 5.65 Å². The molecular weight excluding hydrogens is 370 g/mol. The number of fused-ring (bicyclic) bond motifs is 1. The van der Waals surface area contributed by atoms with Crippen molar-refractivity contribution in [2.75, 3.05) is 0 Å². The zero-order valence-corrected chi connectivity index (χ0v) is 15.1. The van der Waals surface area contributed by atoms with Gasteiger partial charge in [0.15, 0.2) is 5.06 Å². The Balaban J connectivity index is 1.38. The maximum atomic E-state index is 12.3. The highest BCUT2D eigenvalue weighted by Crippen LogP contribution is 2.30. The Bertz CT molecular complexity index is 1070. The fraction of sp³-hybridized carbons (Fsp3) is 0.0526. The van der Waals surface area contributed by atoms with Crippen LogP contribution in [0.2, 0.25) is 5.02 Å². The third-order valence-electron chi connectivity index (χ3n) is 3.73. The van der Waals surface area contributed by atoms with Crippen molar-refractivity contribution in [3.05, 3.63) is 82.6 Å². The molecule has 4 aromatic rings. The fourth-order valence-electron chi connectivity index (χ4n) is 2.48. The van der Waals surface area contributed by atoms with Crippen molar-refractivity contribution < 1.29 is 9.53 Å². The molecule has 0 unspecified atom stereocenters. The minimum atomic E-state index is -0.133. The summed E-state index contributed by atoms with van der Waals surface area (Å²) in [5.74, 6) is 0.551. The van der Waals surface area contributed by atoms with Crippen molar-refractivity contribution in [1.29, 1.82) is 0 Å². The number of carbonyl (C=O) groups is 1. The van der Waals surface area contributed by atoms with E-state index in [9.17, 15) is 4.79 Å². The maximum absolute atomic E-state index is 12.3. The molecule has 0 aliphatic carbocycles. The standard InChI is InChI=1S/C19H14ClN3O2S/c20-14-2-1-3-15(10-14)25-18-7-5-16(26-18)11-22-19(24)13-4-6-17-21-8-9-23(17)12-13/h1-10,12H,11H2,(H,22,24). The second kappa shape index (κ2) is 7.19. The van der Waals surface area contributed by atoms with E-state index in [1.165, 1.54) is 11.3 Å². The van der Waals surface area contributed by atoms with Gasteiger partial charge < -0.3 is 14.5 Å². The third kappa shape index (κ3) is 3.71. The zero-order valence-electron chi connectivity index (χ0n) is 13.6. The van der Waals surface area contributed by atoms with Crippen molar-refractivity contribution in [1.82, 2.24) is 14.7 Å². The van der Waals surface area contributed by atoms with E-state index in [-0.39, 0.29) is 5.91 Å². The molecule has 3 heterocycles. The minimum Gasteiger partial charge on any atom is -0.447 e. The lowest BCUT2D eigenvalue weighted by Gasteiger charge is -2.05. The van der Waals surface area contributed by atoms with Gasteiger partial charge in [-0.25, -0.2) is 4.98 Å². The summed E-state index contributed by atoms with van der Waals surface area (Å²) in [4.78, 5) is 17.5. The van der Waals surface area contributed by atoms with Crippen LogP contribution < -0.4 is 10.1 Å². The molecule has 0 fully saturated rings. The first-order valence-corrected chi connectivity index (χ1v) is 9.10. The largest absolute Gasteiger partial charge is 0.447 e. The van der Waals surface area contributed by atoms with Crippen molar-refractivity contribution in [2.24, 2.45) is 0 Å². The SMILES string of the molecule is O=C(NCc1ccc(Oc2cccc(Cl)c2)s1)c1ccc2nccn2c1. The molecule has 0 aliphatic rings. The third-order valence-corrected chi connectivity index (χ3v) is 4.92. The summed E-state index contributed by atoms with van der Waals surface area (Å²) in [5, 5.41) is 4.29. The molecule has 1 aromatic carbocycles. The van der Waals surface area contributed by atoms with E-state index in [2.05, 4.69) is 10.3 Å². The van der Waals surface area contributed by atoms with E-state index < -0.39 is 0 Å². The Morgan fingerprint density at radius 3 is 3.04 bits per heavy atom. The first-order chi connectivity index (χ1) is 12.7. The van der Waals surface area contributed by atoms with E-state index >= 15 is 0 Å². The second-order valence-electron chi connectivity index (χ2n) is 5.57. The number of carbonyl (C=O) groups excluding carboxylic acids is 1. The van der Waals surface area contributed by atoms with E-state index in [1.807, 2.05) is 40.9 Å². The summed E-state index contributed by atoms with van der Waals surface area (Å²) < 4.78 is 7.60. The Hall–Kier alpha value is -2.83. The van der Waals surface area contributed by atoms with Gasteiger partial charge in [-0.1, -0.05) is 17.7 Å². The number of rotatable bonds is 5. The molecular formula is C19H14ClN3O2S. The summed E-state index contributed by atoms with van der Waals surface area (Å²) in [6, 6.07) is 14.6. The Morgan fingerprint density at radius 2 is 2.15 bits per heavy atom. The molecule has 0 saturated carbocycles. The van der Waals surface area contributed by atoms with Gasteiger partial charge in [-0.3, -0.25) is 4.79 Å². The number of aromatic nitrogens is 2. The van der Waals surface area contributed by atoms with Crippen LogP contribution in [-0.2, 0) is 6.54 Å². The molecule has 1 amide bonds. The van der Waals surface area contributed by atoms with Gasteiger partial charge >= 0.3 is 0 Å². The molecule has 5 nitrogen and oxygen atoms in total. The van der Waals surface area contributed by atoms with Gasteiger partial charge in [-0.15, -0.1) is 11.3 Å². The molecule has 1 N–H and O–H groups in total. The van der Waals surface area contributed by atoms with Crippen molar-refractivity contribution in [3.8, 4) is 10.8 Å². The molecule has 4 rings (SSSR count). The van der Waals surface area contributed by atoms with Crippen molar-refractivity contribution in [3.63, 3.8) is 0 Å². The van der Waals surface area contributed by atoms with Gasteiger partial charge in [0, 0.05) is 28.5 Å². The average molecular weight is 384 g/mol. The normalized spacial score (nSPS) is 10.8. The average Bonchev–Trinajstić information content (AvgIpc) is 3.28. The van der Waals surface area contributed by atoms with Gasteiger partial charge in [0.2, 0.25) is 0 Å². The highest BCUT2D eigenvalue weighted by Gasteiger charge is 2.08. The van der Waals surface area contributed by atoms with Crippen LogP contribution in [0.5, 0.6) is 10.8 Å². The van der Waals surface area contributed by atoms with E-state index in [0.29, 0.717) is 22.9 Å². The number of halogens is 1. The second-order valence-corrected chi connectivity index (χ2v) is 7.14. The Kier molecular flexibility index (Phi) is 4.60. The quantitative estimate of drug-likeness (QED) is 0.540. The molecule has 3 aromatic heterocycles. The lowest BCUT2D eigenvalue weighted by Crippen LogP contribution is -2.22. The first kappa shape index (κ1) is 16.6. The van der Waals surface area contributed by atoms with Gasteiger partial charge in [-0.05, 0) is 42.5 Å². The number of hydrogen-bond donors (Lipinski definition) is 1. The van der Waals surface area contributed by atoms with Gasteiger partial charge in [0.25, 0.3) is 5.91 Å². The summed E-state index contributed by atoms with van der Waals surface area (Å²) in [5.41, 5.74) is 1.39. The lowest BCUT2D eigenvalue weighted by molar-refractivity contribution is 0.0951. The molecule has 130 valence electrons. The number of amides is 1. The molecule has 0 saturated heterocycles. The number of nitrogens with one attached hydrogen (secondary N) is 1. The fourth-order valence-corrected chi connectivity index (χ4v) is 3.47. The van der Waals surface area contributed by atoms with Crippen LogP contribution in [0, 0.1) is 0 Å². The van der Waals surface area contributed by atoms with Gasteiger partial charge in [0.05, 0.1) is 12.1 Å². The number of nitrogens with zero attached hydrogens (tertiary/aromatic N) is 2. The van der Waals surface area contributed by atoms with Crippen LogP contribution >= 0.6 is 22.9 Å². The van der Waals surface area contributed by atoms with Crippen LogP contribution in [0.4, 0.5) is 0 Å². The first-order valence-electron chi connectivity index (χ1n) is 7.90. The summed E-state index contributed by atoms with van der Waals surface area (Å²) in [6.45, 7) is 0.435. The molecule has 26 heavy (non-hydrogen) atoms. The number of hydrogen-bond acceptors (Lipinski definition) is 4. The zero-order chi connectivity index (χ0) is 17.9. The highest BCUT2D eigenvalue weighted by atomic mass is 35.5. The van der Waals surface area contributed by atoms with Crippen LogP contribution in [0.15, 0.2) is 67.1 Å². The number of pyridine rings is 1. The number of thiophene rings is 1. The van der Waals surface area contributed by atoms with Crippen molar-refractivity contribution >= 4 is 34.5 Å². The Labute approximate surface area is 158 Å². The summed E-state index contributed by atoms with van der Waals surface area (Å²) >= 11 is 7.44. The minimum absolute atomic E-state index is 0.133. The van der Waals surface area contributed by atoms with E-state index in [0.717, 1.165) is 15.6 Å². The molecule has 0 spiro atoms. The molecule has 0 radical (unpaired) electrons. The lowest BCUT2D eigenvalue weighted by atomic mass is 10.2. The smallest absolute Gasteiger partial charge is 0.253 e. The van der Waals surface area contributed by atoms with Crippen LogP contribution in [0.1, 0.15) is 15.2 Å². The van der Waals surface area contributed by atoms with Crippen LogP contribution in [-0.4, -0.2) is 15.3 Å². The topological polar surface area (TPSA) is 55.6 Å².